The molecule has 0 bridgehead atoms. The number of aryl methyl sites for hydroxylation is 1. The number of halogens is 1. The Balaban J connectivity index is 2.84. The third-order valence-corrected chi connectivity index (χ3v) is 2.30. The molecule has 0 amide bonds. The number of carbonyl (C=O) groups is 1. The maximum atomic E-state index is 10.6. The zero-order valence-electron chi connectivity index (χ0n) is 7.66. The molecule has 3 nitrogen and oxygen atoms in total. The van der Waals surface area contributed by atoms with E-state index in [1.165, 1.54) is 6.07 Å². The molecule has 1 aromatic carbocycles. The van der Waals surface area contributed by atoms with Gasteiger partial charge in [-0.15, -0.1) is 0 Å². The van der Waals surface area contributed by atoms with E-state index in [9.17, 15) is 4.79 Å². The molecule has 0 atom stereocenters. The first-order chi connectivity index (χ1) is 6.65. The van der Waals surface area contributed by atoms with Crippen LogP contribution < -0.4 is 5.73 Å². The summed E-state index contributed by atoms with van der Waals surface area (Å²) in [5.74, 6) is -0.961. The lowest BCUT2D eigenvalue weighted by atomic mass is 10.1. The third-order valence-electron chi connectivity index (χ3n) is 1.95. The Hall–Kier alpha value is -1.06. The number of aromatic carboxylic acids is 1. The van der Waals surface area contributed by atoms with Crippen LogP contribution in [0.15, 0.2) is 18.2 Å². The summed E-state index contributed by atoms with van der Waals surface area (Å²) >= 11 is 5.91. The average Bonchev–Trinajstić information content (AvgIpc) is 2.15. The van der Waals surface area contributed by atoms with Crippen molar-refractivity contribution in [1.29, 1.82) is 0 Å². The Morgan fingerprint density at radius 2 is 2.21 bits per heavy atom. The van der Waals surface area contributed by atoms with Gasteiger partial charge in [-0.05, 0) is 37.1 Å². The minimum absolute atomic E-state index is 0.214. The highest BCUT2D eigenvalue weighted by atomic mass is 35.5. The normalized spacial score (nSPS) is 10.1. The first-order valence-electron chi connectivity index (χ1n) is 4.37. The molecule has 1 aromatic rings. The number of benzene rings is 1. The zero-order chi connectivity index (χ0) is 10.6. The second-order valence-electron chi connectivity index (χ2n) is 3.00. The van der Waals surface area contributed by atoms with Crippen LogP contribution in [-0.4, -0.2) is 17.6 Å². The lowest BCUT2D eigenvalue weighted by molar-refractivity contribution is 0.0697. The SMILES string of the molecule is NCCCc1ccc(C(=O)O)cc1Cl. The average molecular weight is 214 g/mol. The molecule has 1 rings (SSSR count). The summed E-state index contributed by atoms with van der Waals surface area (Å²) in [6.07, 6.45) is 1.64. The number of carboxylic acids is 1. The van der Waals surface area contributed by atoms with Crippen LogP contribution in [0.1, 0.15) is 22.3 Å². The van der Waals surface area contributed by atoms with E-state index in [1.54, 1.807) is 12.1 Å². The maximum absolute atomic E-state index is 10.6. The van der Waals surface area contributed by atoms with Crippen molar-refractivity contribution in [2.24, 2.45) is 5.73 Å². The van der Waals surface area contributed by atoms with Crippen LogP contribution in [0.2, 0.25) is 5.02 Å². The molecular weight excluding hydrogens is 202 g/mol. The van der Waals surface area contributed by atoms with Crippen molar-refractivity contribution in [3.05, 3.63) is 34.3 Å². The molecule has 0 aromatic heterocycles. The van der Waals surface area contributed by atoms with Crippen LogP contribution in [0.5, 0.6) is 0 Å². The fourth-order valence-corrected chi connectivity index (χ4v) is 1.45. The van der Waals surface area contributed by atoms with Gasteiger partial charge < -0.3 is 10.8 Å². The van der Waals surface area contributed by atoms with Crippen molar-refractivity contribution in [3.63, 3.8) is 0 Å². The van der Waals surface area contributed by atoms with E-state index < -0.39 is 5.97 Å². The molecule has 0 heterocycles. The van der Waals surface area contributed by atoms with Gasteiger partial charge in [0.15, 0.2) is 0 Å². The molecule has 0 radical (unpaired) electrons. The summed E-state index contributed by atoms with van der Waals surface area (Å²) < 4.78 is 0. The van der Waals surface area contributed by atoms with E-state index in [2.05, 4.69) is 0 Å². The second-order valence-corrected chi connectivity index (χ2v) is 3.41. The molecule has 0 aliphatic heterocycles. The Bertz CT molecular complexity index is 339. The van der Waals surface area contributed by atoms with Gasteiger partial charge in [0.1, 0.15) is 0 Å². The van der Waals surface area contributed by atoms with Gasteiger partial charge in [0.25, 0.3) is 0 Å². The standard InChI is InChI=1S/C10H12ClNO2/c11-9-6-8(10(13)14)4-3-7(9)2-1-5-12/h3-4,6H,1-2,5,12H2,(H,13,14). The fraction of sp³-hybridized carbons (Fsp3) is 0.300. The van der Waals surface area contributed by atoms with Gasteiger partial charge >= 0.3 is 5.97 Å². The van der Waals surface area contributed by atoms with Crippen molar-refractivity contribution in [2.45, 2.75) is 12.8 Å². The number of hydrogen-bond donors (Lipinski definition) is 2. The van der Waals surface area contributed by atoms with Gasteiger partial charge in [-0.25, -0.2) is 4.79 Å². The van der Waals surface area contributed by atoms with Crippen LogP contribution in [0.4, 0.5) is 0 Å². The molecule has 0 spiro atoms. The highest BCUT2D eigenvalue weighted by molar-refractivity contribution is 6.31. The van der Waals surface area contributed by atoms with Crippen molar-refractivity contribution >= 4 is 17.6 Å². The topological polar surface area (TPSA) is 63.3 Å². The monoisotopic (exact) mass is 213 g/mol. The third kappa shape index (κ3) is 2.72. The molecule has 0 saturated heterocycles. The summed E-state index contributed by atoms with van der Waals surface area (Å²) in [5.41, 5.74) is 6.53. The fourth-order valence-electron chi connectivity index (χ4n) is 1.18. The summed E-state index contributed by atoms with van der Waals surface area (Å²) in [6.45, 7) is 0.608. The van der Waals surface area contributed by atoms with Crippen LogP contribution >= 0.6 is 11.6 Å². The molecule has 0 fully saturated rings. The first-order valence-corrected chi connectivity index (χ1v) is 4.74. The maximum Gasteiger partial charge on any atom is 0.335 e. The summed E-state index contributed by atoms with van der Waals surface area (Å²) in [6, 6.07) is 4.76. The molecule has 0 unspecified atom stereocenters. The van der Waals surface area contributed by atoms with Crippen LogP contribution in [-0.2, 0) is 6.42 Å². The Labute approximate surface area is 87.5 Å². The highest BCUT2D eigenvalue weighted by Gasteiger charge is 2.06. The van der Waals surface area contributed by atoms with Crippen LogP contribution in [0.25, 0.3) is 0 Å². The van der Waals surface area contributed by atoms with E-state index >= 15 is 0 Å². The summed E-state index contributed by atoms with van der Waals surface area (Å²) in [5, 5.41) is 9.20. The van der Waals surface area contributed by atoms with Gasteiger partial charge in [-0.1, -0.05) is 17.7 Å². The molecule has 0 aliphatic rings. The first kappa shape index (κ1) is 11.0. The number of hydrogen-bond acceptors (Lipinski definition) is 2. The quantitative estimate of drug-likeness (QED) is 0.804. The minimum atomic E-state index is -0.961. The molecule has 0 saturated carbocycles. The predicted octanol–water partition coefficient (Wildman–Crippen LogP) is 1.93. The number of rotatable bonds is 4. The van der Waals surface area contributed by atoms with Gasteiger partial charge in [0.05, 0.1) is 5.56 Å². The smallest absolute Gasteiger partial charge is 0.335 e. The van der Waals surface area contributed by atoms with E-state index in [0.717, 1.165) is 18.4 Å². The number of nitrogens with two attached hydrogens (primary N) is 1. The highest BCUT2D eigenvalue weighted by Crippen LogP contribution is 2.19. The Morgan fingerprint density at radius 3 is 2.71 bits per heavy atom. The van der Waals surface area contributed by atoms with Crippen molar-refractivity contribution < 1.29 is 9.90 Å². The molecule has 4 heteroatoms. The van der Waals surface area contributed by atoms with Crippen LogP contribution in [0, 0.1) is 0 Å². The zero-order valence-corrected chi connectivity index (χ0v) is 8.42. The van der Waals surface area contributed by atoms with E-state index in [-0.39, 0.29) is 5.56 Å². The molecular formula is C10H12ClNO2. The molecule has 76 valence electrons. The Kier molecular flexibility index (Phi) is 3.92. The number of carboxylic acid groups (broad SMARTS) is 1. The molecule has 14 heavy (non-hydrogen) atoms. The predicted molar refractivity (Wildman–Crippen MR) is 55.8 cm³/mol. The van der Waals surface area contributed by atoms with E-state index in [0.29, 0.717) is 11.6 Å². The van der Waals surface area contributed by atoms with Gasteiger partial charge in [-0.3, -0.25) is 0 Å². The summed E-state index contributed by atoms with van der Waals surface area (Å²) in [4.78, 5) is 10.6. The van der Waals surface area contributed by atoms with Crippen LogP contribution in [0.3, 0.4) is 0 Å². The van der Waals surface area contributed by atoms with Gasteiger partial charge in [0, 0.05) is 5.02 Å². The lowest BCUT2D eigenvalue weighted by Crippen LogP contribution is -2.02. The second kappa shape index (κ2) is 4.98. The lowest BCUT2D eigenvalue weighted by Gasteiger charge is -2.03. The van der Waals surface area contributed by atoms with E-state index in [1.807, 2.05) is 0 Å². The molecule has 0 aliphatic carbocycles. The Morgan fingerprint density at radius 1 is 1.50 bits per heavy atom. The largest absolute Gasteiger partial charge is 0.478 e. The van der Waals surface area contributed by atoms with Crippen molar-refractivity contribution in [3.8, 4) is 0 Å². The van der Waals surface area contributed by atoms with Crippen molar-refractivity contribution in [1.82, 2.24) is 0 Å². The van der Waals surface area contributed by atoms with Crippen molar-refractivity contribution in [2.75, 3.05) is 6.54 Å². The minimum Gasteiger partial charge on any atom is -0.478 e. The summed E-state index contributed by atoms with van der Waals surface area (Å²) in [7, 11) is 0. The van der Waals surface area contributed by atoms with Gasteiger partial charge in [0.2, 0.25) is 0 Å². The molecule has 3 N–H and O–H groups in total. The van der Waals surface area contributed by atoms with E-state index in [4.69, 9.17) is 22.4 Å². The van der Waals surface area contributed by atoms with Gasteiger partial charge in [-0.2, -0.15) is 0 Å².